The van der Waals surface area contributed by atoms with Crippen LogP contribution >= 0.6 is 34.4 Å². The third kappa shape index (κ3) is 3.13. The zero-order valence-electron chi connectivity index (χ0n) is 11.1. The first kappa shape index (κ1) is 15.3. The summed E-state index contributed by atoms with van der Waals surface area (Å²) in [5.74, 6) is 0.823. The lowest BCUT2D eigenvalue weighted by Crippen LogP contribution is -2.30. The standard InChI is InChI=1S/C15H14INO2S2/c16-13-6-8-14(9-7-13)21(18,19)17-10-11-20-15(17)12-4-2-1-3-5-12/h1-9,15H,10-11H2. The first-order valence-electron chi connectivity index (χ1n) is 6.53. The molecule has 1 unspecified atom stereocenters. The predicted octanol–water partition coefficient (Wildman–Crippen LogP) is 3.73. The number of nitrogens with zero attached hydrogens (tertiary/aromatic N) is 1. The quantitative estimate of drug-likeness (QED) is 0.696. The van der Waals surface area contributed by atoms with Crippen molar-refractivity contribution < 1.29 is 8.42 Å². The Morgan fingerprint density at radius 3 is 2.38 bits per heavy atom. The lowest BCUT2D eigenvalue weighted by molar-refractivity contribution is 0.434. The number of halogens is 1. The number of rotatable bonds is 3. The highest BCUT2D eigenvalue weighted by Gasteiger charge is 2.36. The van der Waals surface area contributed by atoms with Gasteiger partial charge in [0.2, 0.25) is 10.0 Å². The van der Waals surface area contributed by atoms with Crippen molar-refractivity contribution in [2.45, 2.75) is 10.3 Å². The topological polar surface area (TPSA) is 37.4 Å². The summed E-state index contributed by atoms with van der Waals surface area (Å²) < 4.78 is 28.3. The third-order valence-electron chi connectivity index (χ3n) is 3.35. The van der Waals surface area contributed by atoms with E-state index in [1.807, 2.05) is 42.5 Å². The van der Waals surface area contributed by atoms with Crippen LogP contribution in [0.3, 0.4) is 0 Å². The summed E-state index contributed by atoms with van der Waals surface area (Å²) in [6, 6.07) is 16.8. The average Bonchev–Trinajstić information content (AvgIpc) is 2.99. The van der Waals surface area contributed by atoms with Gasteiger partial charge in [-0.3, -0.25) is 0 Å². The van der Waals surface area contributed by atoms with Crippen LogP contribution in [0.4, 0.5) is 0 Å². The minimum atomic E-state index is -3.44. The van der Waals surface area contributed by atoms with Gasteiger partial charge in [-0.2, -0.15) is 4.31 Å². The van der Waals surface area contributed by atoms with Gasteiger partial charge in [-0.25, -0.2) is 8.42 Å². The van der Waals surface area contributed by atoms with Crippen LogP contribution < -0.4 is 0 Å². The van der Waals surface area contributed by atoms with Gasteiger partial charge >= 0.3 is 0 Å². The van der Waals surface area contributed by atoms with Gasteiger partial charge < -0.3 is 0 Å². The summed E-state index contributed by atoms with van der Waals surface area (Å²) >= 11 is 3.85. The molecule has 1 saturated heterocycles. The Bertz CT molecular complexity index is 717. The average molecular weight is 431 g/mol. The van der Waals surface area contributed by atoms with Crippen LogP contribution in [0.2, 0.25) is 0 Å². The maximum absolute atomic E-state index is 12.8. The van der Waals surface area contributed by atoms with Gasteiger partial charge in [0, 0.05) is 15.9 Å². The van der Waals surface area contributed by atoms with Crippen molar-refractivity contribution >= 4 is 44.4 Å². The molecular weight excluding hydrogens is 417 g/mol. The van der Waals surface area contributed by atoms with E-state index < -0.39 is 10.0 Å². The smallest absolute Gasteiger partial charge is 0.207 e. The molecule has 21 heavy (non-hydrogen) atoms. The van der Waals surface area contributed by atoms with Crippen molar-refractivity contribution in [1.29, 1.82) is 0 Å². The highest BCUT2D eigenvalue weighted by Crippen LogP contribution is 2.41. The van der Waals surface area contributed by atoms with E-state index in [0.717, 1.165) is 14.9 Å². The Labute approximate surface area is 142 Å². The Hall–Kier alpha value is -0.570. The van der Waals surface area contributed by atoms with E-state index in [4.69, 9.17) is 0 Å². The second kappa shape index (κ2) is 6.28. The van der Waals surface area contributed by atoms with Gasteiger partial charge in [0.05, 0.1) is 10.3 Å². The van der Waals surface area contributed by atoms with E-state index in [2.05, 4.69) is 22.6 Å². The summed E-state index contributed by atoms with van der Waals surface area (Å²) in [6.45, 7) is 0.554. The molecular formula is C15H14INO2S2. The fourth-order valence-electron chi connectivity index (χ4n) is 2.32. The summed E-state index contributed by atoms with van der Waals surface area (Å²) in [7, 11) is -3.44. The Balaban J connectivity index is 1.96. The number of sulfonamides is 1. The molecule has 1 aliphatic rings. The fourth-order valence-corrected chi connectivity index (χ4v) is 5.92. The fraction of sp³-hybridized carbons (Fsp3) is 0.200. The maximum Gasteiger partial charge on any atom is 0.244 e. The first-order chi connectivity index (χ1) is 10.1. The maximum atomic E-state index is 12.8. The normalized spacial score (nSPS) is 19.8. The molecule has 0 spiro atoms. The molecule has 0 radical (unpaired) electrons. The molecule has 0 aromatic heterocycles. The van der Waals surface area contributed by atoms with Crippen LogP contribution in [0.1, 0.15) is 10.9 Å². The molecule has 1 fully saturated rings. The van der Waals surface area contributed by atoms with Crippen LogP contribution in [0.25, 0.3) is 0 Å². The summed E-state index contributed by atoms with van der Waals surface area (Å²) in [6.07, 6.45) is 0. The molecule has 1 aliphatic heterocycles. The van der Waals surface area contributed by atoms with E-state index in [0.29, 0.717) is 11.4 Å². The molecule has 3 rings (SSSR count). The molecule has 2 aromatic carbocycles. The number of hydrogen-bond donors (Lipinski definition) is 0. The predicted molar refractivity (Wildman–Crippen MR) is 94.7 cm³/mol. The van der Waals surface area contributed by atoms with E-state index in [1.165, 1.54) is 0 Å². The third-order valence-corrected chi connectivity index (χ3v) is 7.35. The highest BCUT2D eigenvalue weighted by molar-refractivity contribution is 14.1. The summed E-state index contributed by atoms with van der Waals surface area (Å²) in [5, 5.41) is -0.129. The molecule has 2 aromatic rings. The van der Waals surface area contributed by atoms with Crippen LogP contribution in [0.15, 0.2) is 59.5 Å². The number of hydrogen-bond acceptors (Lipinski definition) is 3. The molecule has 0 bridgehead atoms. The van der Waals surface area contributed by atoms with E-state index in [1.54, 1.807) is 28.2 Å². The lowest BCUT2D eigenvalue weighted by Gasteiger charge is -2.23. The largest absolute Gasteiger partial charge is 0.244 e. The minimum Gasteiger partial charge on any atom is -0.207 e. The zero-order valence-corrected chi connectivity index (χ0v) is 14.9. The van der Waals surface area contributed by atoms with Gasteiger partial charge in [-0.15, -0.1) is 11.8 Å². The Kier molecular flexibility index (Phi) is 4.58. The van der Waals surface area contributed by atoms with Crippen LogP contribution in [0, 0.1) is 3.57 Å². The second-order valence-corrected chi connectivity index (χ2v) is 9.03. The molecule has 6 heteroatoms. The summed E-state index contributed by atoms with van der Waals surface area (Å²) in [4.78, 5) is 0.367. The van der Waals surface area contributed by atoms with Crippen LogP contribution in [0.5, 0.6) is 0 Å². The van der Waals surface area contributed by atoms with E-state index in [9.17, 15) is 8.42 Å². The van der Waals surface area contributed by atoms with Gasteiger partial charge in [-0.05, 0) is 52.4 Å². The Morgan fingerprint density at radius 2 is 1.71 bits per heavy atom. The van der Waals surface area contributed by atoms with Gasteiger partial charge in [0.25, 0.3) is 0 Å². The van der Waals surface area contributed by atoms with Crippen molar-refractivity contribution in [2.24, 2.45) is 0 Å². The van der Waals surface area contributed by atoms with Gasteiger partial charge in [0.1, 0.15) is 0 Å². The monoisotopic (exact) mass is 431 g/mol. The molecule has 0 aliphatic carbocycles. The highest BCUT2D eigenvalue weighted by atomic mass is 127. The minimum absolute atomic E-state index is 0.129. The Morgan fingerprint density at radius 1 is 1.05 bits per heavy atom. The lowest BCUT2D eigenvalue weighted by atomic mass is 10.2. The van der Waals surface area contributed by atoms with E-state index >= 15 is 0 Å². The van der Waals surface area contributed by atoms with Crippen molar-refractivity contribution in [3.63, 3.8) is 0 Å². The van der Waals surface area contributed by atoms with Crippen molar-refractivity contribution in [2.75, 3.05) is 12.3 Å². The van der Waals surface area contributed by atoms with Crippen molar-refractivity contribution in [3.8, 4) is 0 Å². The van der Waals surface area contributed by atoms with Crippen molar-refractivity contribution in [3.05, 3.63) is 63.7 Å². The van der Waals surface area contributed by atoms with E-state index in [-0.39, 0.29) is 5.37 Å². The molecule has 0 saturated carbocycles. The molecule has 0 N–H and O–H groups in total. The van der Waals surface area contributed by atoms with Crippen LogP contribution in [-0.4, -0.2) is 25.0 Å². The molecule has 1 heterocycles. The van der Waals surface area contributed by atoms with Crippen LogP contribution in [-0.2, 0) is 10.0 Å². The van der Waals surface area contributed by atoms with Gasteiger partial charge in [0.15, 0.2) is 0 Å². The number of benzene rings is 2. The molecule has 3 nitrogen and oxygen atoms in total. The molecule has 0 amide bonds. The molecule has 1 atom stereocenters. The van der Waals surface area contributed by atoms with Crippen molar-refractivity contribution in [1.82, 2.24) is 4.31 Å². The zero-order chi connectivity index (χ0) is 14.9. The summed E-state index contributed by atoms with van der Waals surface area (Å²) in [5.41, 5.74) is 1.04. The number of thioether (sulfide) groups is 1. The first-order valence-corrected chi connectivity index (χ1v) is 10.1. The second-order valence-electron chi connectivity index (χ2n) is 4.70. The van der Waals surface area contributed by atoms with Gasteiger partial charge in [-0.1, -0.05) is 30.3 Å². The molecule has 110 valence electrons. The SMILES string of the molecule is O=S(=O)(c1ccc(I)cc1)N1CCSC1c1ccccc1.